The van der Waals surface area contributed by atoms with Crippen molar-refractivity contribution in [3.63, 3.8) is 0 Å². The Labute approximate surface area is 396 Å². The fourth-order valence-corrected chi connectivity index (χ4v) is 9.03. The number of carbonyl (C=O) groups is 1. The molecule has 0 aliphatic heterocycles. The van der Waals surface area contributed by atoms with Crippen molar-refractivity contribution in [3.8, 4) is 0 Å². The molecule has 0 aliphatic rings. The molecule has 0 amide bonds. The van der Waals surface area contributed by atoms with Crippen molar-refractivity contribution in [2.75, 3.05) is 33.0 Å². The quantitative estimate of drug-likeness (QED) is 0.0236. The maximum atomic E-state index is 12.7. The molecule has 0 spiro atoms. The van der Waals surface area contributed by atoms with E-state index in [1.807, 2.05) is 0 Å². The van der Waals surface area contributed by atoms with Crippen molar-refractivity contribution in [3.05, 3.63) is 12.2 Å². The van der Waals surface area contributed by atoms with E-state index in [4.69, 9.17) is 23.6 Å². The van der Waals surface area contributed by atoms with Crippen LogP contribution < -0.4 is 0 Å². The van der Waals surface area contributed by atoms with E-state index in [1.54, 1.807) is 0 Å². The smallest absolute Gasteiger partial charge is 0.457 e. The van der Waals surface area contributed by atoms with Gasteiger partial charge in [-0.3, -0.25) is 13.8 Å². The summed E-state index contributed by atoms with van der Waals surface area (Å²) in [5.41, 5.74) is 0. The number of unbranched alkanes of at least 4 members (excludes halogenated alkanes) is 38. The third-order valence-electron chi connectivity index (χ3n) is 12.5. The highest BCUT2D eigenvalue weighted by Crippen LogP contribution is 2.43. The van der Waals surface area contributed by atoms with Crippen LogP contribution in [0.15, 0.2) is 12.2 Å². The van der Waals surface area contributed by atoms with Gasteiger partial charge in [0, 0.05) is 13.0 Å². The lowest BCUT2D eigenvalue weighted by molar-refractivity contribution is -0.154. The molecular formula is C54H107O9P. The van der Waals surface area contributed by atoms with E-state index in [-0.39, 0.29) is 25.6 Å². The van der Waals surface area contributed by atoms with Crippen molar-refractivity contribution in [2.24, 2.45) is 0 Å². The summed E-state index contributed by atoms with van der Waals surface area (Å²) in [6, 6.07) is 0. The van der Waals surface area contributed by atoms with E-state index in [0.717, 1.165) is 32.1 Å². The minimum atomic E-state index is -4.52. The molecule has 0 saturated carbocycles. The zero-order valence-electron chi connectivity index (χ0n) is 42.3. The summed E-state index contributed by atoms with van der Waals surface area (Å²) in [6.45, 7) is 3.60. The molecule has 382 valence electrons. The lowest BCUT2D eigenvalue weighted by Gasteiger charge is -2.20. The fourth-order valence-electron chi connectivity index (χ4n) is 8.24. The number of hydrogen-bond acceptors (Lipinski definition) is 8. The first-order chi connectivity index (χ1) is 31.3. The molecule has 9 nitrogen and oxygen atoms in total. The van der Waals surface area contributed by atoms with Gasteiger partial charge < -0.3 is 24.6 Å². The van der Waals surface area contributed by atoms with Gasteiger partial charge in [0.2, 0.25) is 0 Å². The molecule has 0 saturated heterocycles. The molecule has 0 heterocycles. The highest BCUT2D eigenvalue weighted by molar-refractivity contribution is 7.47. The zero-order chi connectivity index (χ0) is 46.7. The number of allylic oxidation sites excluding steroid dienone is 2. The van der Waals surface area contributed by atoms with Crippen LogP contribution in [0.3, 0.4) is 0 Å². The lowest BCUT2D eigenvalue weighted by Crippen LogP contribution is -2.29. The standard InChI is InChI=1S/C54H107O9P/c1-3-5-7-9-11-13-15-17-19-21-23-25-26-27-28-30-32-34-36-38-40-42-44-46-54(57)63-53(51-62-64(58,59)61-49-52(56)48-55)50-60-47-45-43-41-39-37-35-33-31-29-24-22-20-18-16-14-12-10-8-6-4-2/h21,23,52-53,55-56H,3-20,22,24-51H2,1-2H3,(H,58,59)/b23-21-. The summed E-state index contributed by atoms with van der Waals surface area (Å²) >= 11 is 0. The fraction of sp³-hybridized carbons (Fsp3) is 0.944. The Morgan fingerprint density at radius 2 is 0.797 bits per heavy atom. The monoisotopic (exact) mass is 931 g/mol. The zero-order valence-corrected chi connectivity index (χ0v) is 43.2. The number of phosphoric ester groups is 1. The predicted octanol–water partition coefficient (Wildman–Crippen LogP) is 16.4. The Bertz CT molecular complexity index is 1010. The number of phosphoric acid groups is 1. The first-order valence-corrected chi connectivity index (χ1v) is 29.2. The summed E-state index contributed by atoms with van der Waals surface area (Å²) in [5, 5.41) is 18.4. The minimum absolute atomic E-state index is 0.0561. The Morgan fingerprint density at radius 3 is 1.17 bits per heavy atom. The van der Waals surface area contributed by atoms with Gasteiger partial charge in [-0.1, -0.05) is 251 Å². The molecule has 0 aromatic carbocycles. The van der Waals surface area contributed by atoms with Crippen LogP contribution in [0.25, 0.3) is 0 Å². The average Bonchev–Trinajstić information content (AvgIpc) is 3.29. The molecule has 0 rings (SSSR count). The van der Waals surface area contributed by atoms with Gasteiger partial charge in [0.15, 0.2) is 0 Å². The first-order valence-electron chi connectivity index (χ1n) is 27.7. The van der Waals surface area contributed by atoms with Crippen LogP contribution in [0.1, 0.15) is 284 Å². The molecule has 0 bridgehead atoms. The molecule has 10 heteroatoms. The summed E-state index contributed by atoms with van der Waals surface area (Å²) in [7, 11) is -4.52. The molecule has 0 fully saturated rings. The van der Waals surface area contributed by atoms with Gasteiger partial charge in [-0.25, -0.2) is 4.57 Å². The van der Waals surface area contributed by atoms with Crippen LogP contribution >= 0.6 is 7.82 Å². The van der Waals surface area contributed by atoms with E-state index in [9.17, 15) is 19.4 Å². The van der Waals surface area contributed by atoms with Crippen molar-refractivity contribution in [1.29, 1.82) is 0 Å². The van der Waals surface area contributed by atoms with Crippen molar-refractivity contribution < 1.29 is 43.0 Å². The number of carbonyl (C=O) groups excluding carboxylic acids is 1. The van der Waals surface area contributed by atoms with Crippen molar-refractivity contribution >= 4 is 13.8 Å². The highest BCUT2D eigenvalue weighted by Gasteiger charge is 2.26. The maximum Gasteiger partial charge on any atom is 0.472 e. The average molecular weight is 931 g/mol. The second-order valence-electron chi connectivity index (χ2n) is 19.0. The van der Waals surface area contributed by atoms with Gasteiger partial charge >= 0.3 is 13.8 Å². The van der Waals surface area contributed by atoms with E-state index in [1.165, 1.54) is 231 Å². The number of rotatable bonds is 54. The van der Waals surface area contributed by atoms with E-state index >= 15 is 0 Å². The number of hydrogen-bond donors (Lipinski definition) is 3. The van der Waals surface area contributed by atoms with Gasteiger partial charge in [-0.15, -0.1) is 0 Å². The summed E-state index contributed by atoms with van der Waals surface area (Å²) < 4.78 is 33.6. The van der Waals surface area contributed by atoms with Crippen molar-refractivity contribution in [1.82, 2.24) is 0 Å². The van der Waals surface area contributed by atoms with Crippen LogP contribution in [0.5, 0.6) is 0 Å². The van der Waals surface area contributed by atoms with Crippen LogP contribution in [-0.4, -0.2) is 66.3 Å². The topological polar surface area (TPSA) is 132 Å². The van der Waals surface area contributed by atoms with Gasteiger partial charge in [0.05, 0.1) is 26.4 Å². The lowest BCUT2D eigenvalue weighted by atomic mass is 10.0. The summed E-state index contributed by atoms with van der Waals surface area (Å²) in [5.74, 6) is -0.376. The van der Waals surface area contributed by atoms with Gasteiger partial charge in [-0.05, 0) is 38.5 Å². The van der Waals surface area contributed by atoms with Crippen LogP contribution in [0, 0.1) is 0 Å². The van der Waals surface area contributed by atoms with Gasteiger partial charge in [-0.2, -0.15) is 0 Å². The SMILES string of the molecule is CCCCCCCCCC/C=C\CCCCCCCCCCCCCC(=O)OC(COCCCCCCCCCCCCCCCCCCCCCC)COP(=O)(O)OCC(O)CO. The Morgan fingerprint density at radius 1 is 0.469 bits per heavy atom. The van der Waals surface area contributed by atoms with E-state index in [0.29, 0.717) is 6.61 Å². The Balaban J connectivity index is 3.99. The first kappa shape index (κ1) is 63.2. The second kappa shape index (κ2) is 51.6. The molecule has 0 aliphatic carbocycles. The third-order valence-corrected chi connectivity index (χ3v) is 13.4. The molecule has 0 aromatic heterocycles. The number of aliphatic hydroxyl groups excluding tert-OH is 2. The summed E-state index contributed by atoms with van der Waals surface area (Å²) in [4.78, 5) is 22.7. The minimum Gasteiger partial charge on any atom is -0.457 e. The number of ether oxygens (including phenoxy) is 2. The Hall–Kier alpha value is -0.800. The maximum absolute atomic E-state index is 12.7. The van der Waals surface area contributed by atoms with Crippen LogP contribution in [0.4, 0.5) is 0 Å². The number of aliphatic hydroxyl groups is 2. The summed E-state index contributed by atoms with van der Waals surface area (Å²) in [6.07, 6.45) is 56.2. The van der Waals surface area contributed by atoms with Crippen LogP contribution in [0.2, 0.25) is 0 Å². The second-order valence-corrected chi connectivity index (χ2v) is 20.4. The third kappa shape index (κ3) is 50.6. The molecule has 3 unspecified atom stereocenters. The highest BCUT2D eigenvalue weighted by atomic mass is 31.2. The molecular weight excluding hydrogens is 824 g/mol. The van der Waals surface area contributed by atoms with Gasteiger partial charge in [0.25, 0.3) is 0 Å². The van der Waals surface area contributed by atoms with E-state index < -0.39 is 33.2 Å². The normalized spacial score (nSPS) is 13.8. The number of esters is 1. The predicted molar refractivity (Wildman–Crippen MR) is 270 cm³/mol. The molecule has 0 aromatic rings. The van der Waals surface area contributed by atoms with Gasteiger partial charge in [0.1, 0.15) is 12.2 Å². The molecule has 3 N–H and O–H groups in total. The molecule has 0 radical (unpaired) electrons. The van der Waals surface area contributed by atoms with Crippen LogP contribution in [-0.2, 0) is 27.9 Å². The molecule has 3 atom stereocenters. The van der Waals surface area contributed by atoms with Crippen molar-refractivity contribution in [2.45, 2.75) is 296 Å². The Kier molecular flexibility index (Phi) is 50.9. The molecule has 64 heavy (non-hydrogen) atoms. The largest absolute Gasteiger partial charge is 0.472 e. The van der Waals surface area contributed by atoms with E-state index in [2.05, 4.69) is 26.0 Å².